The lowest BCUT2D eigenvalue weighted by Crippen LogP contribution is -2.42. The maximum Gasteiger partial charge on any atom is 0.239 e. The van der Waals surface area contributed by atoms with Gasteiger partial charge < -0.3 is 14.5 Å². The Balaban J connectivity index is 1.92. The van der Waals surface area contributed by atoms with Crippen LogP contribution in [0.1, 0.15) is 39.2 Å². The van der Waals surface area contributed by atoms with Crippen molar-refractivity contribution in [3.8, 4) is 5.75 Å². The molecule has 5 nitrogen and oxygen atoms in total. The summed E-state index contributed by atoms with van der Waals surface area (Å²) in [6, 6.07) is 5.76. The molecule has 0 aromatic heterocycles. The Hall–Kier alpha value is -2.04. The number of benzene rings is 1. The Morgan fingerprint density at radius 1 is 1.33 bits per heavy atom. The van der Waals surface area contributed by atoms with Crippen molar-refractivity contribution < 1.29 is 14.3 Å². The van der Waals surface area contributed by atoms with Gasteiger partial charge in [0.1, 0.15) is 5.75 Å². The van der Waals surface area contributed by atoms with Gasteiger partial charge in [0.2, 0.25) is 11.8 Å². The number of hydrogen-bond donors (Lipinski definition) is 0. The Morgan fingerprint density at radius 3 is 2.67 bits per heavy atom. The number of rotatable bonds is 2. The molecule has 2 heterocycles. The highest BCUT2D eigenvalue weighted by molar-refractivity contribution is 6.08. The minimum Gasteiger partial charge on any atom is -0.497 e. The molecule has 1 aromatic carbocycles. The molecule has 1 saturated heterocycles. The van der Waals surface area contributed by atoms with Gasteiger partial charge in [-0.25, -0.2) is 0 Å². The lowest BCUT2D eigenvalue weighted by molar-refractivity contribution is -0.132. The van der Waals surface area contributed by atoms with E-state index in [-0.39, 0.29) is 17.2 Å². The number of fused-ring (bicyclic) bond motifs is 2. The van der Waals surface area contributed by atoms with E-state index in [1.165, 1.54) is 0 Å². The molecule has 130 valence electrons. The first kappa shape index (κ1) is 16.8. The van der Waals surface area contributed by atoms with Crippen LogP contribution in [0.4, 0.5) is 5.69 Å². The third kappa shape index (κ3) is 2.56. The molecule has 2 amide bonds. The molecule has 1 aromatic rings. The van der Waals surface area contributed by atoms with Crippen LogP contribution in [-0.4, -0.2) is 44.0 Å². The Bertz CT molecular complexity index is 692. The molecule has 1 spiro atoms. The number of likely N-dealkylation sites (tertiary alicyclic amines) is 1. The van der Waals surface area contributed by atoms with E-state index in [4.69, 9.17) is 4.74 Å². The van der Waals surface area contributed by atoms with E-state index < -0.39 is 5.41 Å². The molecule has 5 heteroatoms. The standard InChI is InChI=1S/C19H26N2O3/c1-18(2,3)11-16(22)21-9-8-19(12-21)14-10-13(24-5)6-7-15(14)20(4)17(19)23/h6-7,10H,8-9,11-12H2,1-5H3. The van der Waals surface area contributed by atoms with E-state index in [0.717, 1.165) is 17.0 Å². The van der Waals surface area contributed by atoms with Crippen molar-refractivity contribution in [2.75, 3.05) is 32.1 Å². The predicted molar refractivity (Wildman–Crippen MR) is 93.4 cm³/mol. The van der Waals surface area contributed by atoms with Gasteiger partial charge >= 0.3 is 0 Å². The van der Waals surface area contributed by atoms with Crippen molar-refractivity contribution in [2.45, 2.75) is 39.0 Å². The molecule has 0 radical (unpaired) electrons. The summed E-state index contributed by atoms with van der Waals surface area (Å²) in [4.78, 5) is 29.2. The zero-order valence-corrected chi connectivity index (χ0v) is 15.2. The normalized spacial score (nSPS) is 23.1. The highest BCUT2D eigenvalue weighted by Gasteiger charge is 2.54. The minimum atomic E-state index is -0.619. The van der Waals surface area contributed by atoms with Crippen molar-refractivity contribution >= 4 is 17.5 Å². The molecule has 2 aliphatic rings. The molecule has 2 aliphatic heterocycles. The van der Waals surface area contributed by atoms with Crippen LogP contribution < -0.4 is 9.64 Å². The van der Waals surface area contributed by atoms with Crippen LogP contribution in [0.5, 0.6) is 5.75 Å². The Labute approximate surface area is 143 Å². The first-order valence-corrected chi connectivity index (χ1v) is 8.42. The maximum absolute atomic E-state index is 13.0. The number of anilines is 1. The lowest BCUT2D eigenvalue weighted by atomic mass is 9.80. The number of carbonyl (C=O) groups is 2. The number of hydrogen-bond acceptors (Lipinski definition) is 3. The smallest absolute Gasteiger partial charge is 0.239 e. The van der Waals surface area contributed by atoms with Crippen molar-refractivity contribution in [2.24, 2.45) is 5.41 Å². The quantitative estimate of drug-likeness (QED) is 0.837. The SMILES string of the molecule is COc1ccc2c(c1)C1(CCN(C(=O)CC(C)(C)C)C1)C(=O)N2C. The van der Waals surface area contributed by atoms with E-state index in [1.807, 2.05) is 30.1 Å². The number of ether oxygens (including phenoxy) is 1. The van der Waals surface area contributed by atoms with E-state index in [2.05, 4.69) is 20.8 Å². The highest BCUT2D eigenvalue weighted by Crippen LogP contribution is 2.48. The fourth-order valence-electron chi connectivity index (χ4n) is 3.85. The van der Waals surface area contributed by atoms with E-state index >= 15 is 0 Å². The molecule has 0 saturated carbocycles. The molecule has 0 aliphatic carbocycles. The topological polar surface area (TPSA) is 49.9 Å². The van der Waals surface area contributed by atoms with Crippen LogP contribution in [0, 0.1) is 5.41 Å². The van der Waals surface area contributed by atoms with Crippen molar-refractivity contribution in [1.82, 2.24) is 4.90 Å². The second-order valence-electron chi connectivity index (χ2n) is 8.13. The molecular weight excluding hydrogens is 304 g/mol. The molecule has 0 bridgehead atoms. The van der Waals surface area contributed by atoms with E-state index in [9.17, 15) is 9.59 Å². The zero-order chi connectivity index (χ0) is 17.7. The van der Waals surface area contributed by atoms with E-state index in [1.54, 1.807) is 12.0 Å². The first-order valence-electron chi connectivity index (χ1n) is 8.42. The van der Waals surface area contributed by atoms with Gasteiger partial charge in [-0.2, -0.15) is 0 Å². The average molecular weight is 330 g/mol. The molecule has 1 unspecified atom stereocenters. The fraction of sp³-hybridized carbons (Fsp3) is 0.579. The van der Waals surface area contributed by atoms with Gasteiger partial charge in [-0.3, -0.25) is 9.59 Å². The lowest BCUT2D eigenvalue weighted by Gasteiger charge is -2.26. The molecule has 0 N–H and O–H groups in total. The Kier molecular flexibility index (Phi) is 3.85. The van der Waals surface area contributed by atoms with Crippen LogP contribution in [0.15, 0.2) is 18.2 Å². The van der Waals surface area contributed by atoms with Crippen LogP contribution in [0.25, 0.3) is 0 Å². The number of methoxy groups -OCH3 is 1. The van der Waals surface area contributed by atoms with Crippen molar-refractivity contribution in [3.63, 3.8) is 0 Å². The molecule has 1 fully saturated rings. The second kappa shape index (κ2) is 5.50. The molecule has 24 heavy (non-hydrogen) atoms. The van der Waals surface area contributed by atoms with Crippen molar-refractivity contribution in [3.05, 3.63) is 23.8 Å². The van der Waals surface area contributed by atoms with Gasteiger partial charge in [-0.1, -0.05) is 20.8 Å². The average Bonchev–Trinajstić information content (AvgIpc) is 3.04. The summed E-state index contributed by atoms with van der Waals surface area (Å²) in [5, 5.41) is 0. The number of carbonyl (C=O) groups excluding carboxylic acids is 2. The van der Waals surface area contributed by atoms with Crippen LogP contribution in [0.2, 0.25) is 0 Å². The molecule has 3 rings (SSSR count). The van der Waals surface area contributed by atoms with Gasteiger partial charge in [-0.15, -0.1) is 0 Å². The minimum absolute atomic E-state index is 0.0512. The highest BCUT2D eigenvalue weighted by atomic mass is 16.5. The second-order valence-corrected chi connectivity index (χ2v) is 8.13. The van der Waals surface area contributed by atoms with Gasteiger partial charge in [0, 0.05) is 32.2 Å². The third-order valence-electron chi connectivity index (χ3n) is 5.10. The fourth-order valence-corrected chi connectivity index (χ4v) is 3.85. The number of nitrogens with zero attached hydrogens (tertiary/aromatic N) is 2. The van der Waals surface area contributed by atoms with Crippen LogP contribution >= 0.6 is 0 Å². The molecule has 1 atom stereocenters. The number of likely N-dealkylation sites (N-methyl/N-ethyl adjacent to an activating group) is 1. The van der Waals surface area contributed by atoms with Gasteiger partial charge in [0.15, 0.2) is 0 Å². The maximum atomic E-state index is 13.0. The van der Waals surface area contributed by atoms with Gasteiger partial charge in [0.05, 0.1) is 12.5 Å². The van der Waals surface area contributed by atoms with Crippen LogP contribution in [-0.2, 0) is 15.0 Å². The Morgan fingerprint density at radius 2 is 2.04 bits per heavy atom. The number of amides is 2. The van der Waals surface area contributed by atoms with Gasteiger partial charge in [0.25, 0.3) is 0 Å². The molecular formula is C19H26N2O3. The largest absolute Gasteiger partial charge is 0.497 e. The third-order valence-corrected chi connectivity index (χ3v) is 5.10. The van der Waals surface area contributed by atoms with Crippen molar-refractivity contribution in [1.29, 1.82) is 0 Å². The predicted octanol–water partition coefficient (Wildman–Crippen LogP) is 2.58. The summed E-state index contributed by atoms with van der Waals surface area (Å²) in [7, 11) is 3.44. The summed E-state index contributed by atoms with van der Waals surface area (Å²) >= 11 is 0. The van der Waals surface area contributed by atoms with Gasteiger partial charge in [-0.05, 0) is 35.6 Å². The zero-order valence-electron chi connectivity index (χ0n) is 15.2. The summed E-state index contributed by atoms with van der Waals surface area (Å²) in [6.45, 7) is 7.28. The monoisotopic (exact) mass is 330 g/mol. The van der Waals surface area contributed by atoms with E-state index in [0.29, 0.717) is 25.9 Å². The summed E-state index contributed by atoms with van der Waals surface area (Å²) < 4.78 is 5.34. The van der Waals surface area contributed by atoms with Crippen LogP contribution in [0.3, 0.4) is 0 Å². The first-order chi connectivity index (χ1) is 11.2. The summed E-state index contributed by atoms with van der Waals surface area (Å²) in [6.07, 6.45) is 1.17. The summed E-state index contributed by atoms with van der Waals surface area (Å²) in [5.74, 6) is 0.957. The summed E-state index contributed by atoms with van der Waals surface area (Å²) in [5.41, 5.74) is 1.24.